The summed E-state index contributed by atoms with van der Waals surface area (Å²) in [4.78, 5) is 0. The lowest BCUT2D eigenvalue weighted by atomic mass is 9.85. The van der Waals surface area contributed by atoms with E-state index in [1.165, 1.54) is 16.7 Å². The molecule has 90 heavy (non-hydrogen) atoms. The molecule has 0 bridgehead atoms. The maximum atomic E-state index is 11.0. The van der Waals surface area contributed by atoms with Crippen molar-refractivity contribution in [3.63, 3.8) is 0 Å². The summed E-state index contributed by atoms with van der Waals surface area (Å²) in [5.41, 5.74) is 25.9. The van der Waals surface area contributed by atoms with Crippen molar-refractivity contribution < 1.29 is 0 Å². The Hall–Kier alpha value is -11.2. The maximum Gasteiger partial charge on any atom is 0.100 e. The van der Waals surface area contributed by atoms with E-state index < -0.39 is 0 Å². The number of nitriles is 2. The van der Waals surface area contributed by atoms with Crippen molar-refractivity contribution in [3.8, 4) is 90.0 Å². The molecule has 0 fully saturated rings. The molecule has 0 N–H and O–H groups in total. The second-order valence-electron chi connectivity index (χ2n) is 23.2. The molecule has 9 aromatic rings. The van der Waals surface area contributed by atoms with Crippen LogP contribution in [0.15, 0.2) is 356 Å². The van der Waals surface area contributed by atoms with Crippen molar-refractivity contribution in [2.24, 2.45) is 5.92 Å². The summed E-state index contributed by atoms with van der Waals surface area (Å²) in [6.45, 7) is 6.83. The lowest BCUT2D eigenvalue weighted by Crippen LogP contribution is -2.01. The molecule has 0 saturated carbocycles. The molecule has 0 saturated heterocycles. The van der Waals surface area contributed by atoms with Gasteiger partial charge >= 0.3 is 0 Å². The zero-order chi connectivity index (χ0) is 61.4. The normalized spacial score (nSPS) is 14.5. The molecule has 0 aromatic heterocycles. The van der Waals surface area contributed by atoms with E-state index >= 15 is 0 Å². The molecule has 3 aliphatic carbocycles. The summed E-state index contributed by atoms with van der Waals surface area (Å²) in [6.07, 6.45) is 41.5. The number of hydrogen-bond donors (Lipinski definition) is 0. The second kappa shape index (κ2) is 28.6. The molecular formula is C88H70N2. The SMILES string of the molecule is C=CC(=C\C(=C/Cc1cc(-c2ccccc2)c(C#N)c(-c2ccccc2)c1)C1=CCCC(C2=CC=CCC2)=C1)/C(=C/CC1C=CC=CC=C1)/C=C(\C)c1cc(-c2cccc(-c3ccccc3)c2)cc(-c2cc(-c3ccccc3)c(C#N)c(-c3ccccc3)c2)c1. The maximum absolute atomic E-state index is 11.0. The van der Waals surface area contributed by atoms with E-state index in [1.54, 1.807) is 0 Å². The van der Waals surface area contributed by atoms with Crippen molar-refractivity contribution in [3.05, 3.63) is 378 Å². The van der Waals surface area contributed by atoms with E-state index in [2.05, 4.69) is 262 Å². The highest BCUT2D eigenvalue weighted by atomic mass is 14.3. The van der Waals surface area contributed by atoms with Gasteiger partial charge in [-0.1, -0.05) is 268 Å². The van der Waals surface area contributed by atoms with Crippen LogP contribution in [0.2, 0.25) is 0 Å². The van der Waals surface area contributed by atoms with Gasteiger partial charge in [-0.15, -0.1) is 0 Å². The minimum atomic E-state index is 0.184. The average molecular weight is 1160 g/mol. The van der Waals surface area contributed by atoms with E-state index in [4.69, 9.17) is 0 Å². The van der Waals surface area contributed by atoms with Gasteiger partial charge in [0, 0.05) is 22.3 Å². The van der Waals surface area contributed by atoms with E-state index in [1.807, 2.05) is 78.9 Å². The van der Waals surface area contributed by atoms with Crippen LogP contribution in [0.1, 0.15) is 61.3 Å². The molecule has 12 rings (SSSR count). The molecular weight excluding hydrogens is 1080 g/mol. The number of benzene rings is 9. The first-order valence-electron chi connectivity index (χ1n) is 31.3. The molecule has 0 radical (unpaired) electrons. The highest BCUT2D eigenvalue weighted by Gasteiger charge is 2.20. The van der Waals surface area contributed by atoms with Crippen LogP contribution in [0.25, 0.3) is 83.5 Å². The van der Waals surface area contributed by atoms with Crippen LogP contribution in [0, 0.1) is 28.6 Å². The van der Waals surface area contributed by atoms with E-state index in [0.717, 1.165) is 143 Å². The zero-order valence-corrected chi connectivity index (χ0v) is 50.9. The Balaban J connectivity index is 1.04. The monoisotopic (exact) mass is 1150 g/mol. The largest absolute Gasteiger partial charge is 0.192 e. The van der Waals surface area contributed by atoms with Crippen molar-refractivity contribution in [2.45, 2.75) is 45.4 Å². The van der Waals surface area contributed by atoms with E-state index in [0.29, 0.717) is 17.5 Å². The number of rotatable bonds is 18. The van der Waals surface area contributed by atoms with Crippen molar-refractivity contribution in [1.82, 2.24) is 0 Å². The lowest BCUT2D eigenvalue weighted by molar-refractivity contribution is 0.830. The van der Waals surface area contributed by atoms with Crippen molar-refractivity contribution in [1.29, 1.82) is 10.5 Å². The fraction of sp³-hybridized carbons (Fsp3) is 0.0909. The molecule has 432 valence electrons. The Morgan fingerprint density at radius 1 is 0.467 bits per heavy atom. The zero-order valence-electron chi connectivity index (χ0n) is 50.9. The predicted molar refractivity (Wildman–Crippen MR) is 380 cm³/mol. The quantitative estimate of drug-likeness (QED) is 0.0804. The minimum Gasteiger partial charge on any atom is -0.192 e. The Morgan fingerprint density at radius 3 is 1.47 bits per heavy atom. The van der Waals surface area contributed by atoms with Gasteiger partial charge in [0.25, 0.3) is 0 Å². The molecule has 0 amide bonds. The van der Waals surface area contributed by atoms with Crippen LogP contribution in [0.5, 0.6) is 0 Å². The van der Waals surface area contributed by atoms with Gasteiger partial charge in [0.1, 0.15) is 12.1 Å². The molecule has 9 aromatic carbocycles. The molecule has 2 nitrogen and oxygen atoms in total. The van der Waals surface area contributed by atoms with Crippen molar-refractivity contribution in [2.75, 3.05) is 0 Å². The summed E-state index contributed by atoms with van der Waals surface area (Å²) in [6, 6.07) is 81.7. The van der Waals surface area contributed by atoms with Crippen LogP contribution < -0.4 is 0 Å². The Bertz CT molecular complexity index is 4440. The van der Waals surface area contributed by atoms with Gasteiger partial charge < -0.3 is 0 Å². The number of allylic oxidation sites excluding steroid dienone is 23. The lowest BCUT2D eigenvalue weighted by Gasteiger charge is -2.20. The number of nitrogens with zero attached hydrogens (tertiary/aromatic N) is 2. The number of hydrogen-bond acceptors (Lipinski definition) is 2. The predicted octanol–water partition coefficient (Wildman–Crippen LogP) is 23.3. The third kappa shape index (κ3) is 14.0. The third-order valence-electron chi connectivity index (χ3n) is 17.2. The third-order valence-corrected chi connectivity index (χ3v) is 17.2. The molecule has 0 atom stereocenters. The van der Waals surface area contributed by atoms with Gasteiger partial charge in [-0.3, -0.25) is 0 Å². The summed E-state index contributed by atoms with van der Waals surface area (Å²) in [5.74, 6) is 0.184. The van der Waals surface area contributed by atoms with Gasteiger partial charge in [-0.2, -0.15) is 10.5 Å². The summed E-state index contributed by atoms with van der Waals surface area (Å²) >= 11 is 0. The summed E-state index contributed by atoms with van der Waals surface area (Å²) < 4.78 is 0. The highest BCUT2D eigenvalue weighted by molar-refractivity contribution is 5.90. The van der Waals surface area contributed by atoms with E-state index in [9.17, 15) is 10.5 Å². The topological polar surface area (TPSA) is 47.6 Å². The average Bonchev–Trinajstić information content (AvgIpc) is 1.28. The fourth-order valence-electron chi connectivity index (χ4n) is 12.5. The van der Waals surface area contributed by atoms with Gasteiger partial charge in [0.15, 0.2) is 0 Å². The molecule has 2 heteroatoms. The molecule has 0 spiro atoms. The van der Waals surface area contributed by atoms with Crippen LogP contribution in [0.4, 0.5) is 0 Å². The molecule has 0 aliphatic heterocycles. The fourth-order valence-corrected chi connectivity index (χ4v) is 12.5. The second-order valence-corrected chi connectivity index (χ2v) is 23.2. The Kier molecular flexibility index (Phi) is 18.8. The first-order chi connectivity index (χ1) is 44.4. The molecule has 0 unspecified atom stereocenters. The van der Waals surface area contributed by atoms with Crippen LogP contribution in [0.3, 0.4) is 0 Å². The highest BCUT2D eigenvalue weighted by Crippen LogP contribution is 2.42. The van der Waals surface area contributed by atoms with Crippen LogP contribution in [-0.2, 0) is 6.42 Å². The smallest absolute Gasteiger partial charge is 0.100 e. The summed E-state index contributed by atoms with van der Waals surface area (Å²) in [7, 11) is 0. The van der Waals surface area contributed by atoms with Gasteiger partial charge in [0.05, 0.1) is 11.1 Å². The summed E-state index contributed by atoms with van der Waals surface area (Å²) in [5, 5.41) is 21.8. The van der Waals surface area contributed by atoms with Crippen molar-refractivity contribution >= 4 is 5.57 Å². The van der Waals surface area contributed by atoms with Gasteiger partial charge in [-0.25, -0.2) is 0 Å². The van der Waals surface area contributed by atoms with Crippen LogP contribution >= 0.6 is 0 Å². The van der Waals surface area contributed by atoms with E-state index in [-0.39, 0.29) is 5.92 Å². The Labute approximate surface area is 532 Å². The Morgan fingerprint density at radius 2 is 0.944 bits per heavy atom. The minimum absolute atomic E-state index is 0.184. The first kappa shape index (κ1) is 59.2. The first-order valence-corrected chi connectivity index (χ1v) is 31.3. The van der Waals surface area contributed by atoms with Crippen LogP contribution in [-0.4, -0.2) is 0 Å². The van der Waals surface area contributed by atoms with Gasteiger partial charge in [-0.05, 0) is 212 Å². The standard InChI is InChI=1S/C88H70N2/c1-3-66(53-78(75-44-26-42-73(54-75)67-30-14-6-15-31-67)49-47-65-51-83(69-34-18-8-19-35-69)87(61-89)84(52-65)70-36-20-9-21-37-70)77(48-46-64-28-12-4-5-13-29-64)50-63(2)79-56-80(76-45-27-43-74(55-76)68-32-16-7-17-33-68)58-81(57-79)82-59-85(71-38-22-10-23-39-71)88(62-90)86(60-82)72-40-24-11-25-41-72/h3-14,16-25,27-30,32-41,43-45,48-60,64H,1,15,26,31,42,46-47H2,2H3/b63-50+,66-53+,77-48+,78-49+. The molecule has 0 heterocycles. The molecule has 3 aliphatic rings. The van der Waals surface area contributed by atoms with Gasteiger partial charge in [0.2, 0.25) is 0 Å².